The van der Waals surface area contributed by atoms with Crippen LogP contribution in [-0.2, 0) is 0 Å². The van der Waals surface area contributed by atoms with E-state index >= 15 is 0 Å². The third kappa shape index (κ3) is 3.50. The predicted molar refractivity (Wildman–Crippen MR) is 102 cm³/mol. The van der Waals surface area contributed by atoms with Gasteiger partial charge in [-0.1, -0.05) is 6.07 Å². The minimum absolute atomic E-state index is 0.00698. The number of fused-ring (bicyclic) bond motifs is 1. The fraction of sp³-hybridized carbons (Fsp3) is 0.333. The summed E-state index contributed by atoms with van der Waals surface area (Å²) in [5.74, 6) is 1.47. The number of piperazine rings is 1. The first-order valence-electron chi connectivity index (χ1n) is 8.73. The molecule has 3 aromatic heterocycles. The van der Waals surface area contributed by atoms with Crippen molar-refractivity contribution >= 4 is 22.8 Å². The van der Waals surface area contributed by atoms with Gasteiger partial charge in [-0.25, -0.2) is 9.97 Å². The van der Waals surface area contributed by atoms with Gasteiger partial charge in [-0.3, -0.25) is 4.79 Å². The number of pyridine rings is 2. The van der Waals surface area contributed by atoms with Gasteiger partial charge in [0.15, 0.2) is 0 Å². The highest BCUT2D eigenvalue weighted by Gasteiger charge is 2.13. The number of hydrogen-bond acceptors (Lipinski definition) is 7. The summed E-state index contributed by atoms with van der Waals surface area (Å²) in [6, 6.07) is 7.29. The van der Waals surface area contributed by atoms with Crippen LogP contribution >= 0.6 is 0 Å². The number of H-pyrrole nitrogens is 1. The lowest BCUT2D eigenvalue weighted by molar-refractivity contribution is 0.585. The molecule has 8 heteroatoms. The SMILES string of the molecule is C[C@H](Nc1ncc2ccc(=O)[nH]c2n1)c1ccc(N2CCNCC2)nc1. The average Bonchev–Trinajstić information content (AvgIpc) is 2.68. The third-order valence-electron chi connectivity index (χ3n) is 4.53. The Bertz CT molecular complexity index is 948. The van der Waals surface area contributed by atoms with Gasteiger partial charge in [-0.15, -0.1) is 0 Å². The molecule has 4 heterocycles. The van der Waals surface area contributed by atoms with Crippen molar-refractivity contribution < 1.29 is 0 Å². The van der Waals surface area contributed by atoms with Crippen LogP contribution < -0.4 is 21.1 Å². The zero-order valence-electron chi connectivity index (χ0n) is 14.6. The Hall–Kier alpha value is -3.00. The molecular formula is C18H21N7O. The summed E-state index contributed by atoms with van der Waals surface area (Å²) in [6.45, 7) is 5.96. The maximum absolute atomic E-state index is 11.4. The number of nitrogens with zero attached hydrogens (tertiary/aromatic N) is 4. The molecule has 3 N–H and O–H groups in total. The summed E-state index contributed by atoms with van der Waals surface area (Å²) < 4.78 is 0. The maximum Gasteiger partial charge on any atom is 0.249 e. The quantitative estimate of drug-likeness (QED) is 0.651. The van der Waals surface area contributed by atoms with Crippen molar-refractivity contribution in [3.8, 4) is 0 Å². The zero-order chi connectivity index (χ0) is 17.9. The highest BCUT2D eigenvalue weighted by molar-refractivity contribution is 5.74. The second kappa shape index (κ2) is 7.09. The summed E-state index contributed by atoms with van der Waals surface area (Å²) in [5, 5.41) is 7.40. The van der Waals surface area contributed by atoms with E-state index < -0.39 is 0 Å². The molecule has 0 unspecified atom stereocenters. The van der Waals surface area contributed by atoms with Crippen molar-refractivity contribution in [3.63, 3.8) is 0 Å². The third-order valence-corrected chi connectivity index (χ3v) is 4.53. The summed E-state index contributed by atoms with van der Waals surface area (Å²) in [4.78, 5) is 29.7. The van der Waals surface area contributed by atoms with Gasteiger partial charge >= 0.3 is 0 Å². The van der Waals surface area contributed by atoms with Crippen LogP contribution in [-0.4, -0.2) is 46.1 Å². The van der Waals surface area contributed by atoms with Gasteiger partial charge in [0.05, 0.1) is 6.04 Å². The molecule has 3 aromatic rings. The Morgan fingerprint density at radius 1 is 1.12 bits per heavy atom. The molecular weight excluding hydrogens is 330 g/mol. The van der Waals surface area contributed by atoms with Crippen molar-refractivity contribution in [1.82, 2.24) is 25.3 Å². The number of aromatic nitrogens is 4. The van der Waals surface area contributed by atoms with Crippen LogP contribution in [0.15, 0.2) is 41.5 Å². The Morgan fingerprint density at radius 2 is 1.96 bits per heavy atom. The van der Waals surface area contributed by atoms with Gasteiger partial charge in [0.1, 0.15) is 11.5 Å². The van der Waals surface area contributed by atoms with E-state index in [9.17, 15) is 4.79 Å². The van der Waals surface area contributed by atoms with Crippen LogP contribution in [0.25, 0.3) is 11.0 Å². The van der Waals surface area contributed by atoms with Crippen molar-refractivity contribution in [3.05, 3.63) is 52.6 Å². The minimum atomic E-state index is -0.178. The molecule has 1 saturated heterocycles. The second-order valence-electron chi connectivity index (χ2n) is 6.37. The fourth-order valence-corrected chi connectivity index (χ4v) is 3.02. The van der Waals surface area contributed by atoms with Gasteiger partial charge in [0.25, 0.3) is 0 Å². The monoisotopic (exact) mass is 351 g/mol. The van der Waals surface area contributed by atoms with Crippen LogP contribution in [0.5, 0.6) is 0 Å². The topological polar surface area (TPSA) is 98.8 Å². The summed E-state index contributed by atoms with van der Waals surface area (Å²) >= 11 is 0. The van der Waals surface area contributed by atoms with Gasteiger partial charge in [0, 0.05) is 50.0 Å². The standard InChI is InChI=1S/C18H21N7O/c1-12(13-2-4-15(20-10-13)25-8-6-19-7-9-25)22-18-21-11-14-3-5-16(26)23-17(14)24-18/h2-5,10-12,19H,6-9H2,1H3,(H2,21,22,23,24,26)/t12-/m0/s1. The number of hydrogen-bond donors (Lipinski definition) is 3. The predicted octanol–water partition coefficient (Wildman–Crippen LogP) is 1.30. The highest BCUT2D eigenvalue weighted by atomic mass is 16.1. The minimum Gasteiger partial charge on any atom is -0.354 e. The molecule has 0 saturated carbocycles. The summed E-state index contributed by atoms with van der Waals surface area (Å²) in [5.41, 5.74) is 1.39. The molecule has 0 spiro atoms. The number of anilines is 2. The smallest absolute Gasteiger partial charge is 0.249 e. The van der Waals surface area contributed by atoms with E-state index in [1.807, 2.05) is 13.1 Å². The van der Waals surface area contributed by atoms with Gasteiger partial charge < -0.3 is 20.5 Å². The number of nitrogens with one attached hydrogen (secondary N) is 3. The molecule has 0 aromatic carbocycles. The molecule has 1 atom stereocenters. The first kappa shape index (κ1) is 16.5. The average molecular weight is 351 g/mol. The van der Waals surface area contributed by atoms with Crippen LogP contribution in [0, 0.1) is 0 Å². The zero-order valence-corrected chi connectivity index (χ0v) is 14.6. The van der Waals surface area contributed by atoms with E-state index in [1.54, 1.807) is 12.3 Å². The first-order chi connectivity index (χ1) is 12.7. The number of aromatic amines is 1. The molecule has 0 amide bonds. The largest absolute Gasteiger partial charge is 0.354 e. The van der Waals surface area contributed by atoms with E-state index in [1.165, 1.54) is 6.07 Å². The van der Waals surface area contributed by atoms with Gasteiger partial charge in [0.2, 0.25) is 11.5 Å². The van der Waals surface area contributed by atoms with Gasteiger partial charge in [-0.05, 0) is 24.6 Å². The Morgan fingerprint density at radius 3 is 2.73 bits per heavy atom. The van der Waals surface area contributed by atoms with Crippen LogP contribution in [0.2, 0.25) is 0 Å². The molecule has 0 bridgehead atoms. The van der Waals surface area contributed by atoms with Crippen molar-refractivity contribution in [2.45, 2.75) is 13.0 Å². The Kier molecular flexibility index (Phi) is 4.49. The Labute approximate surface area is 150 Å². The maximum atomic E-state index is 11.4. The summed E-state index contributed by atoms with van der Waals surface area (Å²) in [6.07, 6.45) is 3.58. The molecule has 0 radical (unpaired) electrons. The molecule has 26 heavy (non-hydrogen) atoms. The van der Waals surface area contributed by atoms with E-state index in [2.05, 4.69) is 47.6 Å². The first-order valence-corrected chi connectivity index (χ1v) is 8.73. The van der Waals surface area contributed by atoms with E-state index in [-0.39, 0.29) is 11.6 Å². The molecule has 134 valence electrons. The van der Waals surface area contributed by atoms with Gasteiger partial charge in [-0.2, -0.15) is 4.98 Å². The van der Waals surface area contributed by atoms with Crippen molar-refractivity contribution in [1.29, 1.82) is 0 Å². The van der Waals surface area contributed by atoms with E-state index in [4.69, 9.17) is 0 Å². The van der Waals surface area contributed by atoms with Crippen LogP contribution in [0.4, 0.5) is 11.8 Å². The molecule has 4 rings (SSSR count). The molecule has 1 aliphatic rings. The lowest BCUT2D eigenvalue weighted by atomic mass is 10.1. The van der Waals surface area contributed by atoms with E-state index in [0.29, 0.717) is 11.6 Å². The van der Waals surface area contributed by atoms with E-state index in [0.717, 1.165) is 42.9 Å². The summed E-state index contributed by atoms with van der Waals surface area (Å²) in [7, 11) is 0. The molecule has 0 aliphatic carbocycles. The fourth-order valence-electron chi connectivity index (χ4n) is 3.02. The van der Waals surface area contributed by atoms with Crippen molar-refractivity contribution in [2.75, 3.05) is 36.4 Å². The highest BCUT2D eigenvalue weighted by Crippen LogP contribution is 2.19. The van der Waals surface area contributed by atoms with Crippen LogP contribution in [0.1, 0.15) is 18.5 Å². The number of rotatable bonds is 4. The van der Waals surface area contributed by atoms with Crippen LogP contribution in [0.3, 0.4) is 0 Å². The molecule has 8 nitrogen and oxygen atoms in total. The molecule has 1 fully saturated rings. The lowest BCUT2D eigenvalue weighted by Crippen LogP contribution is -2.43. The Balaban J connectivity index is 1.48. The normalized spacial score (nSPS) is 15.8. The van der Waals surface area contributed by atoms with Crippen molar-refractivity contribution in [2.24, 2.45) is 0 Å². The second-order valence-corrected chi connectivity index (χ2v) is 6.37. The lowest BCUT2D eigenvalue weighted by Gasteiger charge is -2.28. The molecule has 1 aliphatic heterocycles.